The maximum atomic E-state index is 12.7. The number of hydrogen-bond acceptors (Lipinski definition) is 3. The topological polar surface area (TPSA) is 88.4 Å². The standard InChI is InChI=1S/C22H28N2O4/c25-20-12-13-24(19-9-5-4-8-18(19)20)15-21(26)23-17(10-11-22(27)28)14-16-6-2-1-3-7-16/h4-5,8-9,12-13,16-17H,1-3,6-7,10-11,14-15H2,(H,23,26)(H,27,28). The quantitative estimate of drug-likeness (QED) is 0.731. The van der Waals surface area contributed by atoms with Crippen molar-refractivity contribution in [2.45, 2.75) is 64.0 Å². The third-order valence-electron chi connectivity index (χ3n) is 5.61. The lowest BCUT2D eigenvalue weighted by molar-refractivity contribution is -0.137. The molecule has 0 bridgehead atoms. The summed E-state index contributed by atoms with van der Waals surface area (Å²) in [5.74, 6) is -0.435. The number of aliphatic carboxylic acids is 1. The van der Waals surface area contributed by atoms with Gasteiger partial charge in [0.2, 0.25) is 5.91 Å². The van der Waals surface area contributed by atoms with E-state index in [-0.39, 0.29) is 30.3 Å². The number of rotatable bonds is 8. The minimum Gasteiger partial charge on any atom is -0.481 e. The zero-order valence-electron chi connectivity index (χ0n) is 16.1. The number of amides is 1. The molecule has 6 nitrogen and oxygen atoms in total. The van der Waals surface area contributed by atoms with Crippen molar-refractivity contribution >= 4 is 22.8 Å². The van der Waals surface area contributed by atoms with Crippen LogP contribution in [0.3, 0.4) is 0 Å². The lowest BCUT2D eigenvalue weighted by Crippen LogP contribution is -2.39. The van der Waals surface area contributed by atoms with Gasteiger partial charge in [-0.3, -0.25) is 14.4 Å². The summed E-state index contributed by atoms with van der Waals surface area (Å²) < 4.78 is 1.76. The number of hydrogen-bond donors (Lipinski definition) is 2. The minimum atomic E-state index is -0.839. The average molecular weight is 384 g/mol. The van der Waals surface area contributed by atoms with Crippen LogP contribution in [0, 0.1) is 5.92 Å². The van der Waals surface area contributed by atoms with Crippen LogP contribution in [0.4, 0.5) is 0 Å². The highest BCUT2D eigenvalue weighted by atomic mass is 16.4. The summed E-state index contributed by atoms with van der Waals surface area (Å²) in [6.07, 6.45) is 8.99. The number of aromatic nitrogens is 1. The number of nitrogens with one attached hydrogen (secondary N) is 1. The van der Waals surface area contributed by atoms with E-state index in [1.165, 1.54) is 25.3 Å². The van der Waals surface area contributed by atoms with Crippen molar-refractivity contribution in [3.05, 3.63) is 46.8 Å². The largest absolute Gasteiger partial charge is 0.481 e. The van der Waals surface area contributed by atoms with Gasteiger partial charge in [-0.05, 0) is 30.9 Å². The number of carboxylic acids is 1. The molecule has 2 N–H and O–H groups in total. The van der Waals surface area contributed by atoms with E-state index in [1.54, 1.807) is 22.9 Å². The van der Waals surface area contributed by atoms with Gasteiger partial charge in [-0.2, -0.15) is 0 Å². The second kappa shape index (κ2) is 9.53. The number of carbonyl (C=O) groups is 2. The number of nitrogens with zero attached hydrogens (tertiary/aromatic N) is 1. The molecule has 1 unspecified atom stereocenters. The number of benzene rings is 1. The first-order valence-electron chi connectivity index (χ1n) is 10.1. The molecule has 1 atom stereocenters. The average Bonchev–Trinajstić information content (AvgIpc) is 2.69. The summed E-state index contributed by atoms with van der Waals surface area (Å²) in [6, 6.07) is 8.57. The number of pyridine rings is 1. The van der Waals surface area contributed by atoms with E-state index in [0.717, 1.165) is 24.8 Å². The Bertz CT molecular complexity index is 883. The number of para-hydroxylation sites is 1. The van der Waals surface area contributed by atoms with Crippen LogP contribution >= 0.6 is 0 Å². The van der Waals surface area contributed by atoms with Gasteiger partial charge < -0.3 is 15.0 Å². The third-order valence-corrected chi connectivity index (χ3v) is 5.61. The van der Waals surface area contributed by atoms with Crippen molar-refractivity contribution in [2.24, 2.45) is 5.92 Å². The summed E-state index contributed by atoms with van der Waals surface area (Å²) in [5, 5.41) is 12.7. The predicted molar refractivity (Wildman–Crippen MR) is 108 cm³/mol. The zero-order valence-corrected chi connectivity index (χ0v) is 16.1. The molecule has 3 rings (SSSR count). The minimum absolute atomic E-state index is 0.0542. The fourth-order valence-corrected chi connectivity index (χ4v) is 4.20. The van der Waals surface area contributed by atoms with Crippen LogP contribution in [0.15, 0.2) is 41.3 Å². The highest BCUT2D eigenvalue weighted by Gasteiger charge is 2.21. The summed E-state index contributed by atoms with van der Waals surface area (Å²) >= 11 is 0. The van der Waals surface area contributed by atoms with Crippen LogP contribution in [0.2, 0.25) is 0 Å². The van der Waals surface area contributed by atoms with E-state index in [9.17, 15) is 14.4 Å². The van der Waals surface area contributed by atoms with E-state index in [0.29, 0.717) is 17.7 Å². The monoisotopic (exact) mass is 384 g/mol. The Balaban J connectivity index is 1.68. The fourth-order valence-electron chi connectivity index (χ4n) is 4.20. The Morgan fingerprint density at radius 3 is 2.64 bits per heavy atom. The van der Waals surface area contributed by atoms with Crippen LogP contribution in [0.1, 0.15) is 51.4 Å². The van der Waals surface area contributed by atoms with Crippen molar-refractivity contribution in [3.63, 3.8) is 0 Å². The molecule has 150 valence electrons. The summed E-state index contributed by atoms with van der Waals surface area (Å²) in [6.45, 7) is 0.106. The van der Waals surface area contributed by atoms with Gasteiger partial charge in [0, 0.05) is 30.1 Å². The molecule has 1 aromatic carbocycles. The van der Waals surface area contributed by atoms with Gasteiger partial charge in [-0.15, -0.1) is 0 Å². The molecule has 0 spiro atoms. The molecular formula is C22H28N2O4. The van der Waals surface area contributed by atoms with Crippen molar-refractivity contribution in [2.75, 3.05) is 0 Å². The molecule has 28 heavy (non-hydrogen) atoms. The van der Waals surface area contributed by atoms with E-state index in [1.807, 2.05) is 12.1 Å². The molecule has 1 aliphatic carbocycles. The first-order valence-corrected chi connectivity index (χ1v) is 10.1. The molecule has 0 radical (unpaired) electrons. The van der Waals surface area contributed by atoms with Crippen molar-refractivity contribution in [3.8, 4) is 0 Å². The Kier molecular flexibility index (Phi) is 6.85. The first kappa shape index (κ1) is 20.1. The lowest BCUT2D eigenvalue weighted by atomic mass is 9.84. The third kappa shape index (κ3) is 5.44. The zero-order chi connectivity index (χ0) is 19.9. The Labute approximate surface area is 164 Å². The van der Waals surface area contributed by atoms with Gasteiger partial charge in [0.25, 0.3) is 0 Å². The predicted octanol–water partition coefficient (Wildman–Crippen LogP) is 3.32. The lowest BCUT2D eigenvalue weighted by Gasteiger charge is -2.27. The maximum absolute atomic E-state index is 12.7. The second-order valence-corrected chi connectivity index (χ2v) is 7.76. The molecule has 2 aromatic rings. The smallest absolute Gasteiger partial charge is 0.303 e. The van der Waals surface area contributed by atoms with Crippen LogP contribution in [0.5, 0.6) is 0 Å². The maximum Gasteiger partial charge on any atom is 0.303 e. The molecule has 1 saturated carbocycles. The molecule has 6 heteroatoms. The summed E-state index contributed by atoms with van der Waals surface area (Å²) in [4.78, 5) is 35.7. The molecule has 1 aliphatic rings. The van der Waals surface area contributed by atoms with Gasteiger partial charge >= 0.3 is 5.97 Å². The SMILES string of the molecule is O=C(O)CCC(CC1CCCCC1)NC(=O)Cn1ccc(=O)c2ccccc21. The van der Waals surface area contributed by atoms with Crippen LogP contribution in [-0.4, -0.2) is 27.6 Å². The second-order valence-electron chi connectivity index (χ2n) is 7.76. The normalized spacial score (nSPS) is 16.0. The molecule has 1 heterocycles. The van der Waals surface area contributed by atoms with Crippen molar-refractivity contribution in [1.82, 2.24) is 9.88 Å². The van der Waals surface area contributed by atoms with Crippen LogP contribution < -0.4 is 10.7 Å². The summed E-state index contributed by atoms with van der Waals surface area (Å²) in [7, 11) is 0. The first-order chi connectivity index (χ1) is 13.5. The Morgan fingerprint density at radius 1 is 1.14 bits per heavy atom. The molecular weight excluding hydrogens is 356 g/mol. The van der Waals surface area contributed by atoms with Gasteiger partial charge in [0.15, 0.2) is 5.43 Å². The van der Waals surface area contributed by atoms with E-state index in [2.05, 4.69) is 5.32 Å². The summed E-state index contributed by atoms with van der Waals surface area (Å²) in [5.41, 5.74) is 0.656. The van der Waals surface area contributed by atoms with Gasteiger partial charge in [-0.1, -0.05) is 44.2 Å². The molecule has 1 amide bonds. The molecule has 1 fully saturated rings. The number of carbonyl (C=O) groups excluding carboxylic acids is 1. The highest BCUT2D eigenvalue weighted by molar-refractivity contribution is 5.82. The highest BCUT2D eigenvalue weighted by Crippen LogP contribution is 2.28. The van der Waals surface area contributed by atoms with Gasteiger partial charge in [0.05, 0.1) is 5.52 Å². The van der Waals surface area contributed by atoms with Gasteiger partial charge in [-0.25, -0.2) is 0 Å². The van der Waals surface area contributed by atoms with E-state index < -0.39 is 5.97 Å². The number of fused-ring (bicyclic) bond motifs is 1. The fraction of sp³-hybridized carbons (Fsp3) is 0.500. The van der Waals surface area contributed by atoms with Crippen molar-refractivity contribution in [1.29, 1.82) is 0 Å². The number of carboxylic acid groups (broad SMARTS) is 1. The van der Waals surface area contributed by atoms with E-state index in [4.69, 9.17) is 5.11 Å². The molecule has 0 aliphatic heterocycles. The van der Waals surface area contributed by atoms with Gasteiger partial charge in [0.1, 0.15) is 6.54 Å². The molecule has 0 saturated heterocycles. The molecule has 1 aromatic heterocycles. The van der Waals surface area contributed by atoms with E-state index >= 15 is 0 Å². The Morgan fingerprint density at radius 2 is 1.89 bits per heavy atom. The van der Waals surface area contributed by atoms with Crippen LogP contribution in [0.25, 0.3) is 10.9 Å². The Hall–Kier alpha value is -2.63. The van der Waals surface area contributed by atoms with Crippen LogP contribution in [-0.2, 0) is 16.1 Å². The van der Waals surface area contributed by atoms with Crippen molar-refractivity contribution < 1.29 is 14.7 Å².